The number of carbonyl (C=O) groups excluding carboxylic acids is 1. The number of carbonyl (C=O) groups is 1. The Labute approximate surface area is 179 Å². The number of nitrogens with one attached hydrogen (secondary N) is 1. The lowest BCUT2D eigenvalue weighted by molar-refractivity contribution is -0.384. The van der Waals surface area contributed by atoms with Crippen molar-refractivity contribution in [1.29, 1.82) is 0 Å². The number of hydrogen-bond acceptors (Lipinski definition) is 6. The van der Waals surface area contributed by atoms with Crippen molar-refractivity contribution < 1.29 is 14.5 Å². The summed E-state index contributed by atoms with van der Waals surface area (Å²) in [7, 11) is 0. The van der Waals surface area contributed by atoms with Gasteiger partial charge < -0.3 is 4.74 Å². The van der Waals surface area contributed by atoms with Gasteiger partial charge in [0.2, 0.25) is 0 Å². The molecule has 0 unspecified atom stereocenters. The summed E-state index contributed by atoms with van der Waals surface area (Å²) in [6, 6.07) is 17.1. The topological polar surface area (TPSA) is 107 Å². The second kappa shape index (κ2) is 10.4. The number of para-hydroxylation sites is 1. The Kier molecular flexibility index (Phi) is 7.21. The summed E-state index contributed by atoms with van der Waals surface area (Å²) in [6.45, 7) is 1.57. The fourth-order valence-electron chi connectivity index (χ4n) is 2.61. The van der Waals surface area contributed by atoms with Crippen molar-refractivity contribution in [3.8, 4) is 5.75 Å². The summed E-state index contributed by atoms with van der Waals surface area (Å²) in [6.07, 6.45) is 6.96. The van der Waals surface area contributed by atoms with Crippen LogP contribution in [0.1, 0.15) is 23.6 Å². The molecule has 156 valence electrons. The normalized spacial score (nSPS) is 11.3. The van der Waals surface area contributed by atoms with Crippen LogP contribution in [0.2, 0.25) is 0 Å². The molecule has 0 radical (unpaired) electrons. The second-order valence-corrected chi connectivity index (χ2v) is 6.48. The SMILES string of the molecule is C/C(=N\NC(=O)COc1ccccc1/C=C/c1ccc([N+](=O)[O-])cc1)c1cccnc1. The molecule has 0 bridgehead atoms. The fourth-order valence-corrected chi connectivity index (χ4v) is 2.61. The first kappa shape index (κ1) is 21.4. The number of non-ortho nitro benzene ring substituents is 1. The summed E-state index contributed by atoms with van der Waals surface area (Å²) in [5.74, 6) is 0.140. The van der Waals surface area contributed by atoms with Crippen LogP contribution in [-0.4, -0.2) is 28.1 Å². The molecule has 1 heterocycles. The predicted molar refractivity (Wildman–Crippen MR) is 119 cm³/mol. The zero-order valence-corrected chi connectivity index (χ0v) is 16.8. The van der Waals surface area contributed by atoms with Crippen LogP contribution in [0.5, 0.6) is 5.75 Å². The number of nitro benzene ring substituents is 1. The third-order valence-corrected chi connectivity index (χ3v) is 4.26. The first-order chi connectivity index (χ1) is 15.0. The quantitative estimate of drug-likeness (QED) is 0.258. The van der Waals surface area contributed by atoms with Crippen molar-refractivity contribution in [2.24, 2.45) is 5.10 Å². The average Bonchev–Trinajstić information content (AvgIpc) is 2.81. The smallest absolute Gasteiger partial charge is 0.277 e. The number of ether oxygens (including phenoxy) is 1. The maximum atomic E-state index is 12.1. The number of hydrogen-bond donors (Lipinski definition) is 1. The van der Waals surface area contributed by atoms with Crippen LogP contribution in [0.4, 0.5) is 5.69 Å². The zero-order valence-electron chi connectivity index (χ0n) is 16.8. The lowest BCUT2D eigenvalue weighted by Crippen LogP contribution is -2.25. The molecule has 2 aromatic carbocycles. The average molecular weight is 416 g/mol. The maximum absolute atomic E-state index is 12.1. The molecule has 8 heteroatoms. The van der Waals surface area contributed by atoms with Gasteiger partial charge in [-0.15, -0.1) is 0 Å². The molecular weight excluding hydrogens is 396 g/mol. The van der Waals surface area contributed by atoms with Crippen LogP contribution in [0.15, 0.2) is 78.2 Å². The Balaban J connectivity index is 1.60. The zero-order chi connectivity index (χ0) is 22.1. The van der Waals surface area contributed by atoms with Gasteiger partial charge in [-0.05, 0) is 36.8 Å². The molecule has 0 aliphatic rings. The molecule has 0 aliphatic carbocycles. The minimum Gasteiger partial charge on any atom is -0.483 e. The minimum atomic E-state index is -0.441. The van der Waals surface area contributed by atoms with Gasteiger partial charge in [0, 0.05) is 35.7 Å². The second-order valence-electron chi connectivity index (χ2n) is 6.48. The van der Waals surface area contributed by atoms with Crippen molar-refractivity contribution in [2.75, 3.05) is 6.61 Å². The molecule has 1 aromatic heterocycles. The van der Waals surface area contributed by atoms with Gasteiger partial charge in [-0.2, -0.15) is 5.10 Å². The monoisotopic (exact) mass is 416 g/mol. The van der Waals surface area contributed by atoms with Crippen LogP contribution < -0.4 is 10.2 Å². The Morgan fingerprint density at radius 1 is 1.13 bits per heavy atom. The van der Waals surface area contributed by atoms with Crippen LogP contribution in [-0.2, 0) is 4.79 Å². The van der Waals surface area contributed by atoms with E-state index in [2.05, 4.69) is 15.5 Å². The highest BCUT2D eigenvalue weighted by molar-refractivity contribution is 5.99. The maximum Gasteiger partial charge on any atom is 0.277 e. The Bertz CT molecular complexity index is 1110. The van der Waals surface area contributed by atoms with Gasteiger partial charge in [0.15, 0.2) is 6.61 Å². The Morgan fingerprint density at radius 3 is 2.61 bits per heavy atom. The van der Waals surface area contributed by atoms with Crippen molar-refractivity contribution in [2.45, 2.75) is 6.92 Å². The van der Waals surface area contributed by atoms with E-state index in [-0.39, 0.29) is 12.3 Å². The molecule has 1 amide bonds. The van der Waals surface area contributed by atoms with Crippen molar-refractivity contribution >= 4 is 29.5 Å². The van der Waals surface area contributed by atoms with Gasteiger partial charge >= 0.3 is 0 Å². The number of aromatic nitrogens is 1. The van der Waals surface area contributed by atoms with Gasteiger partial charge in [0.1, 0.15) is 5.75 Å². The van der Waals surface area contributed by atoms with Gasteiger partial charge in [0.05, 0.1) is 10.6 Å². The molecule has 1 N–H and O–H groups in total. The van der Waals surface area contributed by atoms with Gasteiger partial charge in [-0.1, -0.05) is 36.4 Å². The molecule has 8 nitrogen and oxygen atoms in total. The van der Waals surface area contributed by atoms with E-state index in [9.17, 15) is 14.9 Å². The highest BCUT2D eigenvalue weighted by Crippen LogP contribution is 2.21. The summed E-state index contributed by atoms with van der Waals surface area (Å²) >= 11 is 0. The number of amides is 1. The molecule has 31 heavy (non-hydrogen) atoms. The summed E-state index contributed by atoms with van der Waals surface area (Å²) in [5.41, 5.74) is 5.52. The van der Waals surface area contributed by atoms with Crippen LogP contribution in [0, 0.1) is 10.1 Å². The third-order valence-electron chi connectivity index (χ3n) is 4.26. The van der Waals surface area contributed by atoms with Gasteiger partial charge in [0.25, 0.3) is 11.6 Å². The van der Waals surface area contributed by atoms with Crippen LogP contribution >= 0.6 is 0 Å². The molecule has 0 saturated heterocycles. The fraction of sp³-hybridized carbons (Fsp3) is 0.0870. The largest absolute Gasteiger partial charge is 0.483 e. The Hall–Kier alpha value is -4.33. The molecule has 0 fully saturated rings. The first-order valence-corrected chi connectivity index (χ1v) is 9.41. The number of nitrogens with zero attached hydrogens (tertiary/aromatic N) is 3. The lowest BCUT2D eigenvalue weighted by Gasteiger charge is -2.08. The summed E-state index contributed by atoms with van der Waals surface area (Å²) < 4.78 is 5.64. The minimum absolute atomic E-state index is 0.0355. The molecular formula is C23H20N4O4. The number of hydrazone groups is 1. The molecule has 0 saturated carbocycles. The van der Waals surface area contributed by atoms with E-state index in [1.807, 2.05) is 30.4 Å². The summed E-state index contributed by atoms with van der Waals surface area (Å²) in [5, 5.41) is 14.8. The molecule has 0 spiro atoms. The van der Waals surface area contributed by atoms with E-state index in [4.69, 9.17) is 4.74 Å². The van der Waals surface area contributed by atoms with Crippen molar-refractivity contribution in [1.82, 2.24) is 10.4 Å². The number of pyridine rings is 1. The molecule has 0 aliphatic heterocycles. The van der Waals surface area contributed by atoms with E-state index in [0.29, 0.717) is 11.5 Å². The standard InChI is InChI=1S/C23H20N4O4/c1-17(20-6-4-14-24-15-20)25-26-23(28)16-31-22-7-3-2-5-19(22)11-8-18-9-12-21(13-10-18)27(29)30/h2-15H,16H2,1H3,(H,26,28)/b11-8+,25-17+. The first-order valence-electron chi connectivity index (χ1n) is 9.41. The van der Waals surface area contributed by atoms with E-state index in [1.54, 1.807) is 49.6 Å². The Morgan fingerprint density at radius 2 is 1.90 bits per heavy atom. The molecule has 0 atom stereocenters. The van der Waals surface area contributed by atoms with Crippen LogP contribution in [0.3, 0.4) is 0 Å². The highest BCUT2D eigenvalue weighted by Gasteiger charge is 2.06. The van der Waals surface area contributed by atoms with Crippen molar-refractivity contribution in [3.63, 3.8) is 0 Å². The number of benzene rings is 2. The number of nitro groups is 1. The van der Waals surface area contributed by atoms with Gasteiger partial charge in [-0.3, -0.25) is 19.9 Å². The lowest BCUT2D eigenvalue weighted by atomic mass is 10.1. The van der Waals surface area contributed by atoms with Crippen LogP contribution in [0.25, 0.3) is 12.2 Å². The van der Waals surface area contributed by atoms with Gasteiger partial charge in [-0.25, -0.2) is 5.43 Å². The van der Waals surface area contributed by atoms with Crippen molar-refractivity contribution in [3.05, 3.63) is 99.9 Å². The summed E-state index contributed by atoms with van der Waals surface area (Å²) in [4.78, 5) is 26.4. The van der Waals surface area contributed by atoms with E-state index in [1.165, 1.54) is 12.1 Å². The third kappa shape index (κ3) is 6.33. The number of rotatable bonds is 8. The highest BCUT2D eigenvalue weighted by atomic mass is 16.6. The van der Waals surface area contributed by atoms with E-state index < -0.39 is 10.8 Å². The van der Waals surface area contributed by atoms with E-state index in [0.717, 1.165) is 16.7 Å². The van der Waals surface area contributed by atoms with E-state index >= 15 is 0 Å². The molecule has 3 rings (SSSR count). The molecule has 3 aromatic rings. The predicted octanol–water partition coefficient (Wildman–Crippen LogP) is 4.08.